The molecule has 0 radical (unpaired) electrons. The molecule has 0 heterocycles. The first-order valence-electron chi connectivity index (χ1n) is 8.58. The van der Waals surface area contributed by atoms with Gasteiger partial charge in [-0.1, -0.05) is 33.1 Å². The van der Waals surface area contributed by atoms with Gasteiger partial charge in [-0.2, -0.15) is 0 Å². The van der Waals surface area contributed by atoms with Crippen LogP contribution >= 0.6 is 0 Å². The van der Waals surface area contributed by atoms with Crippen molar-refractivity contribution in [2.45, 2.75) is 70.8 Å². The van der Waals surface area contributed by atoms with E-state index in [4.69, 9.17) is 9.47 Å². The first-order chi connectivity index (χ1) is 10.5. The predicted molar refractivity (Wildman–Crippen MR) is 81.1 cm³/mol. The third-order valence-electron chi connectivity index (χ3n) is 4.93. The van der Waals surface area contributed by atoms with E-state index in [0.717, 1.165) is 19.3 Å². The number of ether oxygens (including phenoxy) is 2. The summed E-state index contributed by atoms with van der Waals surface area (Å²) in [5.41, 5.74) is -2.19. The molecule has 5 nitrogen and oxygen atoms in total. The normalized spacial score (nSPS) is 25.3. The quantitative estimate of drug-likeness (QED) is 0.578. The molecule has 0 aromatic rings. The van der Waals surface area contributed by atoms with Gasteiger partial charge in [0.25, 0.3) is 0 Å². The summed E-state index contributed by atoms with van der Waals surface area (Å²) in [5, 5.41) is 10.9. The Morgan fingerprint density at radius 1 is 1.00 bits per heavy atom. The second-order valence-corrected chi connectivity index (χ2v) is 6.66. The van der Waals surface area contributed by atoms with Gasteiger partial charge in [0.15, 0.2) is 5.41 Å². The highest BCUT2D eigenvalue weighted by Gasteiger charge is 2.73. The third-order valence-corrected chi connectivity index (χ3v) is 4.93. The van der Waals surface area contributed by atoms with Crippen molar-refractivity contribution >= 4 is 11.9 Å². The Morgan fingerprint density at radius 3 is 1.95 bits per heavy atom. The summed E-state index contributed by atoms with van der Waals surface area (Å²) < 4.78 is 10.5. The van der Waals surface area contributed by atoms with Gasteiger partial charge in [0, 0.05) is 5.92 Å². The Balaban J connectivity index is 2.14. The van der Waals surface area contributed by atoms with E-state index in [9.17, 15) is 14.7 Å². The van der Waals surface area contributed by atoms with Gasteiger partial charge in [0.2, 0.25) is 0 Å². The lowest BCUT2D eigenvalue weighted by molar-refractivity contribution is -0.168. The molecule has 0 aromatic heterocycles. The van der Waals surface area contributed by atoms with E-state index in [1.165, 1.54) is 0 Å². The maximum Gasteiger partial charge on any atom is 0.323 e. The van der Waals surface area contributed by atoms with Crippen LogP contribution in [0.25, 0.3) is 0 Å². The van der Waals surface area contributed by atoms with Gasteiger partial charge in [0.1, 0.15) is 0 Å². The molecule has 2 saturated carbocycles. The highest BCUT2D eigenvalue weighted by molar-refractivity contribution is 6.04. The number of hydrogen-bond acceptors (Lipinski definition) is 5. The van der Waals surface area contributed by atoms with Crippen molar-refractivity contribution in [2.24, 2.45) is 11.3 Å². The fourth-order valence-corrected chi connectivity index (χ4v) is 3.61. The lowest BCUT2D eigenvalue weighted by atomic mass is 9.78. The maximum atomic E-state index is 12.5. The van der Waals surface area contributed by atoms with Gasteiger partial charge in [-0.15, -0.1) is 0 Å². The number of carbonyl (C=O) groups is 2. The highest BCUT2D eigenvalue weighted by Crippen LogP contribution is 2.62. The molecular formula is C17H28O5. The van der Waals surface area contributed by atoms with E-state index in [0.29, 0.717) is 45.3 Å². The summed E-state index contributed by atoms with van der Waals surface area (Å²) in [4.78, 5) is 24.9. The van der Waals surface area contributed by atoms with Crippen LogP contribution in [0, 0.1) is 11.3 Å². The minimum atomic E-state index is -1.27. The standard InChI is InChI=1S/C17H28O5/c1-3-10-21-14(18)17(15(19)22-11-4-2)12-13(17)16(20)8-6-5-7-9-16/h13,20H,3-12H2,1-2H3. The molecule has 0 saturated heterocycles. The summed E-state index contributed by atoms with van der Waals surface area (Å²) in [5.74, 6) is -1.38. The molecule has 22 heavy (non-hydrogen) atoms. The Bertz CT molecular complexity index is 391. The monoisotopic (exact) mass is 312 g/mol. The Kier molecular flexibility index (Phi) is 5.48. The summed E-state index contributed by atoms with van der Waals surface area (Å²) in [6.07, 6.45) is 6.07. The van der Waals surface area contributed by atoms with Crippen LogP contribution in [0.5, 0.6) is 0 Å². The summed E-state index contributed by atoms with van der Waals surface area (Å²) >= 11 is 0. The third kappa shape index (κ3) is 3.14. The van der Waals surface area contributed by atoms with Crippen molar-refractivity contribution in [2.75, 3.05) is 13.2 Å². The van der Waals surface area contributed by atoms with E-state index in [2.05, 4.69) is 0 Å². The van der Waals surface area contributed by atoms with E-state index >= 15 is 0 Å². The van der Waals surface area contributed by atoms with Crippen molar-refractivity contribution in [3.63, 3.8) is 0 Å². The van der Waals surface area contributed by atoms with Crippen molar-refractivity contribution in [1.82, 2.24) is 0 Å². The van der Waals surface area contributed by atoms with Crippen LogP contribution < -0.4 is 0 Å². The Morgan fingerprint density at radius 2 is 1.50 bits per heavy atom. The van der Waals surface area contributed by atoms with Gasteiger partial charge in [-0.05, 0) is 32.1 Å². The minimum Gasteiger partial charge on any atom is -0.465 e. The molecule has 0 aliphatic heterocycles. The molecule has 2 aliphatic carbocycles. The van der Waals surface area contributed by atoms with Crippen molar-refractivity contribution in [3.8, 4) is 0 Å². The van der Waals surface area contributed by atoms with Gasteiger partial charge >= 0.3 is 11.9 Å². The number of esters is 2. The minimum absolute atomic E-state index is 0.298. The topological polar surface area (TPSA) is 72.8 Å². The largest absolute Gasteiger partial charge is 0.465 e. The molecule has 2 aliphatic rings. The van der Waals surface area contributed by atoms with Gasteiger partial charge < -0.3 is 14.6 Å². The second-order valence-electron chi connectivity index (χ2n) is 6.66. The van der Waals surface area contributed by atoms with Crippen molar-refractivity contribution in [1.29, 1.82) is 0 Å². The zero-order chi connectivity index (χ0) is 16.2. The Labute approximate surface area is 132 Å². The SMILES string of the molecule is CCCOC(=O)C1(C(=O)OCCC)CC1C1(O)CCCCC1. The highest BCUT2D eigenvalue weighted by atomic mass is 16.6. The molecule has 5 heteroatoms. The molecule has 1 N–H and O–H groups in total. The van der Waals surface area contributed by atoms with E-state index < -0.39 is 23.0 Å². The lowest BCUT2D eigenvalue weighted by Crippen LogP contribution is -2.42. The number of rotatable bonds is 7. The fourth-order valence-electron chi connectivity index (χ4n) is 3.61. The first kappa shape index (κ1) is 17.3. The average molecular weight is 312 g/mol. The van der Waals surface area contributed by atoms with E-state index in [1.54, 1.807) is 0 Å². The van der Waals surface area contributed by atoms with Gasteiger partial charge in [-0.25, -0.2) is 0 Å². The molecule has 0 bridgehead atoms. The van der Waals surface area contributed by atoms with Crippen LogP contribution in [-0.4, -0.2) is 35.9 Å². The predicted octanol–water partition coefficient (Wildman–Crippen LogP) is 2.59. The smallest absolute Gasteiger partial charge is 0.323 e. The van der Waals surface area contributed by atoms with Crippen LogP contribution in [0.1, 0.15) is 65.2 Å². The average Bonchev–Trinajstić information content (AvgIpc) is 3.29. The van der Waals surface area contributed by atoms with Crippen LogP contribution in [0.2, 0.25) is 0 Å². The van der Waals surface area contributed by atoms with E-state index in [1.807, 2.05) is 13.8 Å². The molecule has 1 unspecified atom stereocenters. The second kappa shape index (κ2) is 6.99. The molecule has 2 rings (SSSR count). The zero-order valence-corrected chi connectivity index (χ0v) is 13.7. The van der Waals surface area contributed by atoms with E-state index in [-0.39, 0.29) is 5.92 Å². The van der Waals surface area contributed by atoms with Crippen molar-refractivity contribution < 1.29 is 24.2 Å². The fraction of sp³-hybridized carbons (Fsp3) is 0.882. The summed E-state index contributed by atoms with van der Waals surface area (Å²) in [6.45, 7) is 4.42. The molecule has 0 aromatic carbocycles. The molecule has 126 valence electrons. The van der Waals surface area contributed by atoms with Crippen LogP contribution in [0.4, 0.5) is 0 Å². The molecule has 1 atom stereocenters. The van der Waals surface area contributed by atoms with Crippen LogP contribution in [0.3, 0.4) is 0 Å². The number of hydrogen-bond donors (Lipinski definition) is 1. The lowest BCUT2D eigenvalue weighted by Gasteiger charge is -2.33. The van der Waals surface area contributed by atoms with Crippen LogP contribution in [0.15, 0.2) is 0 Å². The molecular weight excluding hydrogens is 284 g/mol. The zero-order valence-electron chi connectivity index (χ0n) is 13.7. The summed E-state index contributed by atoms with van der Waals surface area (Å²) in [7, 11) is 0. The van der Waals surface area contributed by atoms with Crippen LogP contribution in [-0.2, 0) is 19.1 Å². The van der Waals surface area contributed by atoms with Gasteiger partial charge in [-0.3, -0.25) is 9.59 Å². The summed E-state index contributed by atoms with van der Waals surface area (Å²) in [6, 6.07) is 0. The van der Waals surface area contributed by atoms with Crippen molar-refractivity contribution in [3.05, 3.63) is 0 Å². The first-order valence-corrected chi connectivity index (χ1v) is 8.58. The molecule has 2 fully saturated rings. The maximum absolute atomic E-state index is 12.5. The Hall–Kier alpha value is -1.10. The number of aliphatic hydroxyl groups is 1. The van der Waals surface area contributed by atoms with Gasteiger partial charge in [0.05, 0.1) is 18.8 Å². The number of carbonyl (C=O) groups excluding carboxylic acids is 2. The molecule has 0 spiro atoms. The molecule has 0 amide bonds.